The Morgan fingerprint density at radius 3 is 2.42 bits per heavy atom. The molecule has 0 aliphatic heterocycles. The molecule has 1 aromatic rings. The Balaban J connectivity index is 1.72. The molecule has 2 amide bonds. The minimum absolute atomic E-state index is 0.180. The van der Waals surface area contributed by atoms with Gasteiger partial charge in [-0.05, 0) is 29.9 Å². The smallest absolute Gasteiger partial charge is 0.249 e. The van der Waals surface area contributed by atoms with Crippen molar-refractivity contribution >= 4 is 18.0 Å². The molecule has 0 radical (unpaired) electrons. The summed E-state index contributed by atoms with van der Waals surface area (Å²) >= 11 is 0. The van der Waals surface area contributed by atoms with Gasteiger partial charge in [0, 0.05) is 6.04 Å². The summed E-state index contributed by atoms with van der Waals surface area (Å²) in [5.41, 5.74) is 4.57. The van der Waals surface area contributed by atoms with Gasteiger partial charge < -0.3 is 5.32 Å². The Labute approximate surface area is 143 Å². The molecule has 0 saturated heterocycles. The Hall–Kier alpha value is -2.17. The molecule has 0 aromatic heterocycles. The molecule has 2 rings (SSSR count). The van der Waals surface area contributed by atoms with Crippen LogP contribution >= 0.6 is 0 Å². The number of nitrogens with zero attached hydrogens (tertiary/aromatic N) is 1. The molecule has 1 saturated carbocycles. The summed E-state index contributed by atoms with van der Waals surface area (Å²) in [7, 11) is 0. The molecule has 5 nitrogen and oxygen atoms in total. The van der Waals surface area contributed by atoms with Gasteiger partial charge in [-0.1, -0.05) is 57.4 Å². The van der Waals surface area contributed by atoms with E-state index in [0.717, 1.165) is 31.2 Å². The third-order valence-electron chi connectivity index (χ3n) is 4.30. The molecule has 1 aliphatic rings. The van der Waals surface area contributed by atoms with Crippen LogP contribution < -0.4 is 10.7 Å². The van der Waals surface area contributed by atoms with Crippen LogP contribution in [0.4, 0.5) is 0 Å². The van der Waals surface area contributed by atoms with Crippen LogP contribution in [-0.4, -0.2) is 24.1 Å². The summed E-state index contributed by atoms with van der Waals surface area (Å²) in [6.07, 6.45) is 6.96. The number of benzene rings is 1. The van der Waals surface area contributed by atoms with Crippen LogP contribution in [0.5, 0.6) is 0 Å². The van der Waals surface area contributed by atoms with Gasteiger partial charge in [0.25, 0.3) is 0 Å². The van der Waals surface area contributed by atoms with E-state index in [9.17, 15) is 9.59 Å². The first-order chi connectivity index (χ1) is 11.5. The molecule has 0 unspecified atom stereocenters. The van der Waals surface area contributed by atoms with Crippen LogP contribution in [0.2, 0.25) is 0 Å². The van der Waals surface area contributed by atoms with Crippen molar-refractivity contribution in [3.05, 3.63) is 35.4 Å². The van der Waals surface area contributed by atoms with Crippen molar-refractivity contribution < 1.29 is 9.59 Å². The Kier molecular flexibility index (Phi) is 6.97. The molecule has 0 bridgehead atoms. The van der Waals surface area contributed by atoms with Crippen molar-refractivity contribution in [1.82, 2.24) is 10.7 Å². The molecule has 0 atom stereocenters. The normalized spacial score (nSPS) is 15.6. The van der Waals surface area contributed by atoms with Crippen molar-refractivity contribution in [2.75, 3.05) is 0 Å². The number of hydrogen-bond acceptors (Lipinski definition) is 3. The molecule has 1 fully saturated rings. The van der Waals surface area contributed by atoms with Crippen molar-refractivity contribution in [1.29, 1.82) is 0 Å². The van der Waals surface area contributed by atoms with E-state index in [4.69, 9.17) is 0 Å². The highest BCUT2D eigenvalue weighted by Gasteiger charge is 2.17. The first-order valence-corrected chi connectivity index (χ1v) is 8.76. The van der Waals surface area contributed by atoms with Gasteiger partial charge in [0.05, 0.1) is 6.21 Å². The highest BCUT2D eigenvalue weighted by molar-refractivity contribution is 5.97. The second-order valence-electron chi connectivity index (χ2n) is 6.69. The molecule has 0 heterocycles. The van der Waals surface area contributed by atoms with Crippen LogP contribution in [0.1, 0.15) is 69.4 Å². The number of carbonyl (C=O) groups excluding carboxylic acids is 2. The van der Waals surface area contributed by atoms with E-state index in [2.05, 4.69) is 29.7 Å². The fourth-order valence-electron chi connectivity index (χ4n) is 2.86. The predicted octanol–water partition coefficient (Wildman–Crippen LogP) is 3.10. The molecule has 130 valence electrons. The maximum atomic E-state index is 11.8. The lowest BCUT2D eigenvalue weighted by Crippen LogP contribution is -2.38. The van der Waals surface area contributed by atoms with E-state index in [1.807, 2.05) is 24.3 Å². The molecular weight excluding hydrogens is 302 g/mol. The summed E-state index contributed by atoms with van der Waals surface area (Å²) < 4.78 is 0. The lowest BCUT2D eigenvalue weighted by atomic mass is 9.95. The summed E-state index contributed by atoms with van der Waals surface area (Å²) in [5, 5.41) is 6.83. The summed E-state index contributed by atoms with van der Waals surface area (Å²) in [6, 6.07) is 8.24. The molecule has 1 aromatic carbocycles. The van der Waals surface area contributed by atoms with Crippen LogP contribution in [0, 0.1) is 0 Å². The molecule has 0 spiro atoms. The Bertz CT molecular complexity index is 573. The predicted molar refractivity (Wildman–Crippen MR) is 95.9 cm³/mol. The summed E-state index contributed by atoms with van der Waals surface area (Å²) in [5.74, 6) is -0.132. The monoisotopic (exact) mass is 329 g/mol. The van der Waals surface area contributed by atoms with Crippen LogP contribution in [0.15, 0.2) is 29.4 Å². The van der Waals surface area contributed by atoms with Gasteiger partial charge >= 0.3 is 0 Å². The first kappa shape index (κ1) is 18.2. The highest BCUT2D eigenvalue weighted by Crippen LogP contribution is 2.17. The van der Waals surface area contributed by atoms with Gasteiger partial charge in [0.1, 0.15) is 6.42 Å². The Morgan fingerprint density at radius 1 is 1.12 bits per heavy atom. The van der Waals surface area contributed by atoms with Crippen molar-refractivity contribution in [2.24, 2.45) is 5.10 Å². The lowest BCUT2D eigenvalue weighted by Gasteiger charge is -2.22. The van der Waals surface area contributed by atoms with Crippen LogP contribution in [0.3, 0.4) is 0 Å². The second kappa shape index (κ2) is 9.21. The highest BCUT2D eigenvalue weighted by atomic mass is 16.2. The standard InChI is InChI=1S/C19H27N3O2/c1-14(2)16-10-8-15(9-11-16)13-20-22-19(24)12-18(23)21-17-6-4-3-5-7-17/h8-11,13-14,17H,3-7,12H2,1-2H3,(H,21,23)(H,22,24)/b20-13-. The van der Waals surface area contributed by atoms with E-state index < -0.39 is 5.91 Å². The minimum Gasteiger partial charge on any atom is -0.353 e. The van der Waals surface area contributed by atoms with Gasteiger partial charge in [-0.25, -0.2) is 5.43 Å². The topological polar surface area (TPSA) is 70.6 Å². The number of rotatable bonds is 6. The fraction of sp³-hybridized carbons (Fsp3) is 0.526. The quantitative estimate of drug-likeness (QED) is 0.478. The zero-order valence-electron chi connectivity index (χ0n) is 14.5. The van der Waals surface area contributed by atoms with Crippen molar-refractivity contribution in [2.45, 2.75) is 64.3 Å². The lowest BCUT2D eigenvalue weighted by molar-refractivity contribution is -0.129. The number of hydrogen-bond donors (Lipinski definition) is 2. The number of hydrazone groups is 1. The first-order valence-electron chi connectivity index (χ1n) is 8.76. The van der Waals surface area contributed by atoms with Crippen LogP contribution in [0.25, 0.3) is 0 Å². The van der Waals surface area contributed by atoms with E-state index in [1.54, 1.807) is 6.21 Å². The minimum atomic E-state index is -0.390. The molecule has 2 N–H and O–H groups in total. The van der Waals surface area contributed by atoms with Crippen LogP contribution in [-0.2, 0) is 9.59 Å². The zero-order chi connectivity index (χ0) is 17.4. The molecule has 24 heavy (non-hydrogen) atoms. The largest absolute Gasteiger partial charge is 0.353 e. The van der Waals surface area contributed by atoms with E-state index >= 15 is 0 Å². The zero-order valence-corrected chi connectivity index (χ0v) is 14.5. The summed E-state index contributed by atoms with van der Waals surface area (Å²) in [4.78, 5) is 23.6. The maximum Gasteiger partial charge on any atom is 0.249 e. The maximum absolute atomic E-state index is 11.8. The van der Waals surface area contributed by atoms with E-state index in [-0.39, 0.29) is 18.4 Å². The van der Waals surface area contributed by atoms with Gasteiger partial charge in [-0.2, -0.15) is 5.10 Å². The number of carbonyl (C=O) groups is 2. The molecule has 5 heteroatoms. The van der Waals surface area contributed by atoms with E-state index in [1.165, 1.54) is 12.0 Å². The summed E-state index contributed by atoms with van der Waals surface area (Å²) in [6.45, 7) is 4.28. The van der Waals surface area contributed by atoms with Crippen molar-refractivity contribution in [3.63, 3.8) is 0 Å². The molecular formula is C19H27N3O2. The van der Waals surface area contributed by atoms with E-state index in [0.29, 0.717) is 5.92 Å². The third kappa shape index (κ3) is 6.14. The van der Waals surface area contributed by atoms with Gasteiger partial charge in [0.15, 0.2) is 0 Å². The third-order valence-corrected chi connectivity index (χ3v) is 4.30. The average molecular weight is 329 g/mol. The van der Waals surface area contributed by atoms with Gasteiger partial charge in [0.2, 0.25) is 11.8 Å². The Morgan fingerprint density at radius 2 is 1.79 bits per heavy atom. The van der Waals surface area contributed by atoms with Gasteiger partial charge in [-0.3, -0.25) is 9.59 Å². The molecule has 1 aliphatic carbocycles. The second-order valence-corrected chi connectivity index (χ2v) is 6.69. The number of nitrogens with one attached hydrogen (secondary N) is 2. The number of amides is 2. The average Bonchev–Trinajstić information content (AvgIpc) is 2.56. The SMILES string of the molecule is CC(C)c1ccc(/C=N\NC(=O)CC(=O)NC2CCCCC2)cc1. The fourth-order valence-corrected chi connectivity index (χ4v) is 2.86. The van der Waals surface area contributed by atoms with Gasteiger partial charge in [-0.15, -0.1) is 0 Å². The van der Waals surface area contributed by atoms with Crippen molar-refractivity contribution in [3.8, 4) is 0 Å².